The van der Waals surface area contributed by atoms with E-state index < -0.39 is 0 Å². The topological polar surface area (TPSA) is 34.4 Å². The first-order chi connectivity index (χ1) is 12.0. The third-order valence-corrected chi connectivity index (χ3v) is 4.88. The van der Waals surface area contributed by atoms with Crippen molar-refractivity contribution in [3.8, 4) is 5.69 Å². The van der Waals surface area contributed by atoms with Crippen LogP contribution in [0, 0.1) is 17.4 Å². The normalized spacial score (nSPS) is 11.2. The highest BCUT2D eigenvalue weighted by Gasteiger charge is 2.09. The molecule has 0 aliphatic heterocycles. The van der Waals surface area contributed by atoms with Gasteiger partial charge in [0.1, 0.15) is 0 Å². The minimum Gasteiger partial charge on any atom is -0.318 e. The minimum absolute atomic E-state index is 0.0499. The summed E-state index contributed by atoms with van der Waals surface area (Å²) in [4.78, 5) is 16.0. The fourth-order valence-electron chi connectivity index (χ4n) is 2.86. The van der Waals surface area contributed by atoms with Gasteiger partial charge in [-0.05, 0) is 85.8 Å². The Morgan fingerprint density at radius 3 is 2.48 bits per heavy atom. The van der Waals surface area contributed by atoms with Gasteiger partial charge in [0.2, 0.25) is 0 Å². The lowest BCUT2D eigenvalue weighted by Gasteiger charge is -2.09. The predicted molar refractivity (Wildman–Crippen MR) is 112 cm³/mol. The summed E-state index contributed by atoms with van der Waals surface area (Å²) in [6, 6.07) is 18.0. The average molecular weight is 442 g/mol. The molecule has 0 fully saturated rings. The van der Waals surface area contributed by atoms with Crippen molar-refractivity contribution in [2.45, 2.75) is 20.8 Å². The minimum atomic E-state index is 0.0499. The van der Waals surface area contributed by atoms with Crippen molar-refractivity contribution in [3.63, 3.8) is 0 Å². The van der Waals surface area contributed by atoms with Crippen LogP contribution >= 0.6 is 22.6 Å². The van der Waals surface area contributed by atoms with Crippen molar-refractivity contribution in [1.29, 1.82) is 0 Å². The van der Waals surface area contributed by atoms with Gasteiger partial charge in [-0.1, -0.05) is 12.1 Å². The van der Waals surface area contributed by atoms with Crippen molar-refractivity contribution >= 4 is 40.3 Å². The molecule has 0 amide bonds. The molecule has 1 aromatic heterocycles. The number of rotatable bonds is 4. The molecular weight excluding hydrogens is 423 g/mol. The fourth-order valence-corrected chi connectivity index (χ4v) is 3.21. The van der Waals surface area contributed by atoms with E-state index in [0.29, 0.717) is 5.56 Å². The van der Waals surface area contributed by atoms with Gasteiger partial charge in [0.15, 0.2) is 5.78 Å². The summed E-state index contributed by atoms with van der Waals surface area (Å²) in [5, 5.41) is 0. The van der Waals surface area contributed by atoms with Crippen molar-refractivity contribution in [2.24, 2.45) is 4.99 Å². The third-order valence-electron chi connectivity index (χ3n) is 4.16. The second-order valence-corrected chi connectivity index (χ2v) is 7.25. The Labute approximate surface area is 161 Å². The quantitative estimate of drug-likeness (QED) is 0.292. The number of aryl methyl sites for hydroxylation is 1. The number of Topliss-reactive ketones (excluding diaryl/α,β-unsaturated/α-hetero) is 1. The maximum Gasteiger partial charge on any atom is 0.159 e. The van der Waals surface area contributed by atoms with Crippen LogP contribution in [-0.4, -0.2) is 16.6 Å². The number of hydrogen-bond acceptors (Lipinski definition) is 2. The predicted octanol–water partition coefficient (Wildman–Crippen LogP) is 5.65. The first kappa shape index (κ1) is 17.6. The molecule has 3 rings (SSSR count). The maximum atomic E-state index is 11.5. The van der Waals surface area contributed by atoms with E-state index in [2.05, 4.69) is 76.3 Å². The summed E-state index contributed by atoms with van der Waals surface area (Å²) < 4.78 is 3.44. The van der Waals surface area contributed by atoms with Crippen LogP contribution < -0.4 is 0 Å². The van der Waals surface area contributed by atoms with Crippen molar-refractivity contribution in [1.82, 2.24) is 4.57 Å². The maximum absolute atomic E-state index is 11.5. The van der Waals surface area contributed by atoms with Crippen LogP contribution in [0.3, 0.4) is 0 Å². The highest BCUT2D eigenvalue weighted by molar-refractivity contribution is 14.1. The van der Waals surface area contributed by atoms with E-state index in [9.17, 15) is 4.79 Å². The lowest BCUT2D eigenvalue weighted by molar-refractivity contribution is 0.101. The van der Waals surface area contributed by atoms with Gasteiger partial charge in [-0.25, -0.2) is 0 Å². The van der Waals surface area contributed by atoms with Gasteiger partial charge in [0.25, 0.3) is 0 Å². The molecule has 25 heavy (non-hydrogen) atoms. The molecule has 0 unspecified atom stereocenters. The molecular formula is C21H19IN2O. The molecule has 4 heteroatoms. The summed E-state index contributed by atoms with van der Waals surface area (Å²) in [7, 11) is 0. The van der Waals surface area contributed by atoms with Gasteiger partial charge in [0, 0.05) is 38.0 Å². The molecule has 0 aliphatic carbocycles. The van der Waals surface area contributed by atoms with Gasteiger partial charge in [0.05, 0.1) is 5.69 Å². The smallest absolute Gasteiger partial charge is 0.159 e. The van der Waals surface area contributed by atoms with Crippen LogP contribution in [0.5, 0.6) is 0 Å². The van der Waals surface area contributed by atoms with Crippen molar-refractivity contribution in [2.75, 3.05) is 0 Å². The number of ketones is 1. The van der Waals surface area contributed by atoms with Crippen LogP contribution in [0.4, 0.5) is 5.69 Å². The zero-order chi connectivity index (χ0) is 18.0. The number of benzene rings is 2. The van der Waals surface area contributed by atoms with Crippen LogP contribution in [-0.2, 0) is 0 Å². The third kappa shape index (κ3) is 3.90. The van der Waals surface area contributed by atoms with Gasteiger partial charge >= 0.3 is 0 Å². The van der Waals surface area contributed by atoms with Crippen LogP contribution in [0.2, 0.25) is 0 Å². The molecule has 0 bridgehead atoms. The van der Waals surface area contributed by atoms with E-state index in [-0.39, 0.29) is 5.78 Å². The fraction of sp³-hybridized carbons (Fsp3) is 0.143. The first-order valence-corrected chi connectivity index (χ1v) is 9.13. The zero-order valence-corrected chi connectivity index (χ0v) is 16.6. The summed E-state index contributed by atoms with van der Waals surface area (Å²) in [5.41, 5.74) is 5.99. The summed E-state index contributed by atoms with van der Waals surface area (Å²) in [5.74, 6) is 0.0499. The lowest BCUT2D eigenvalue weighted by atomic mass is 10.1. The van der Waals surface area contributed by atoms with E-state index in [1.807, 2.05) is 30.5 Å². The molecule has 0 saturated carbocycles. The first-order valence-electron chi connectivity index (χ1n) is 8.05. The van der Waals surface area contributed by atoms with Crippen LogP contribution in [0.15, 0.2) is 59.6 Å². The molecule has 2 aromatic carbocycles. The molecule has 3 aromatic rings. The Bertz CT molecular complexity index is 953. The SMILES string of the molecule is CC(=O)c1cccc(N=Cc2cc(C)n(-c3ccc(I)cc3)c2C)c1. The molecule has 0 atom stereocenters. The standard InChI is InChI=1S/C21H19IN2O/c1-14-11-18(13-23-20-6-4-5-17(12-20)16(3)25)15(2)24(14)21-9-7-19(22)8-10-21/h4-13H,1-3H3. The number of aromatic nitrogens is 1. The van der Waals surface area contributed by atoms with Gasteiger partial charge in [-0.15, -0.1) is 0 Å². The number of aliphatic imine (C=N–C) groups is 1. The van der Waals surface area contributed by atoms with E-state index >= 15 is 0 Å². The Morgan fingerprint density at radius 2 is 1.80 bits per heavy atom. The summed E-state index contributed by atoms with van der Waals surface area (Å²) in [6.45, 7) is 5.76. The monoisotopic (exact) mass is 442 g/mol. The van der Waals surface area contributed by atoms with Crippen LogP contribution in [0.1, 0.15) is 34.2 Å². The zero-order valence-electron chi connectivity index (χ0n) is 14.5. The molecule has 3 nitrogen and oxygen atoms in total. The molecule has 0 aliphatic rings. The summed E-state index contributed by atoms with van der Waals surface area (Å²) in [6.07, 6.45) is 1.87. The lowest BCUT2D eigenvalue weighted by Crippen LogP contribution is -1.99. The van der Waals surface area contributed by atoms with E-state index in [4.69, 9.17) is 0 Å². The van der Waals surface area contributed by atoms with Crippen LogP contribution in [0.25, 0.3) is 5.69 Å². The van der Waals surface area contributed by atoms with Crippen molar-refractivity contribution in [3.05, 3.63) is 80.7 Å². The van der Waals surface area contributed by atoms with E-state index in [1.54, 1.807) is 6.92 Å². The molecule has 0 N–H and O–H groups in total. The molecule has 0 spiro atoms. The largest absolute Gasteiger partial charge is 0.318 e. The van der Waals surface area contributed by atoms with E-state index in [1.165, 1.54) is 3.57 Å². The number of hydrogen-bond donors (Lipinski definition) is 0. The van der Waals surface area contributed by atoms with Crippen molar-refractivity contribution < 1.29 is 4.79 Å². The number of halogens is 1. The molecule has 0 saturated heterocycles. The van der Waals surface area contributed by atoms with Gasteiger partial charge in [-0.3, -0.25) is 9.79 Å². The Balaban J connectivity index is 1.94. The molecule has 0 radical (unpaired) electrons. The molecule has 1 heterocycles. The number of carbonyl (C=O) groups is 1. The van der Waals surface area contributed by atoms with Gasteiger partial charge in [-0.2, -0.15) is 0 Å². The molecule has 126 valence electrons. The average Bonchev–Trinajstić information content (AvgIpc) is 2.88. The van der Waals surface area contributed by atoms with E-state index in [0.717, 1.165) is 28.3 Å². The Kier molecular flexibility index (Phi) is 5.18. The second-order valence-electron chi connectivity index (χ2n) is 6.00. The highest BCUT2D eigenvalue weighted by Crippen LogP contribution is 2.22. The highest BCUT2D eigenvalue weighted by atomic mass is 127. The number of nitrogens with zero attached hydrogens (tertiary/aromatic N) is 2. The Hall–Kier alpha value is -2.21. The summed E-state index contributed by atoms with van der Waals surface area (Å²) >= 11 is 2.31. The van der Waals surface area contributed by atoms with Gasteiger partial charge < -0.3 is 4.57 Å². The Morgan fingerprint density at radius 1 is 1.08 bits per heavy atom. The number of carbonyl (C=O) groups excluding carboxylic acids is 1. The second kappa shape index (κ2) is 7.35.